The molecule has 2 N–H and O–H groups in total. The minimum atomic E-state index is -2.22. The van der Waals surface area contributed by atoms with Crippen molar-refractivity contribution in [1.29, 1.82) is 0 Å². The van der Waals surface area contributed by atoms with Crippen LogP contribution >= 0.6 is 0 Å². The highest BCUT2D eigenvalue weighted by Gasteiger charge is 2.21. The summed E-state index contributed by atoms with van der Waals surface area (Å²) < 4.78 is 40.1. The summed E-state index contributed by atoms with van der Waals surface area (Å²) >= 11 is -2.22. The molecule has 34 heavy (non-hydrogen) atoms. The summed E-state index contributed by atoms with van der Waals surface area (Å²) in [6.45, 7) is 2.82. The van der Waals surface area contributed by atoms with Gasteiger partial charge >= 0.3 is 0 Å². The van der Waals surface area contributed by atoms with Gasteiger partial charge in [0.15, 0.2) is 0 Å². The fraction of sp³-hybridized carbons (Fsp3) is 0.261. The monoisotopic (exact) mass is 488 g/mol. The van der Waals surface area contributed by atoms with Gasteiger partial charge in [-0.15, -0.1) is 0 Å². The van der Waals surface area contributed by atoms with Crippen molar-refractivity contribution in [2.45, 2.75) is 11.3 Å². The molecule has 1 atom stereocenters. The number of nitrogen functional groups attached to an aromatic ring is 1. The Morgan fingerprint density at radius 2 is 1.76 bits per heavy atom. The molecular weight excluding hydrogens is 461 g/mol. The highest BCUT2D eigenvalue weighted by Crippen LogP contribution is 2.19. The number of carbonyl (C=O) groups is 1. The van der Waals surface area contributed by atoms with Crippen molar-refractivity contribution in [3.05, 3.63) is 72.9 Å². The van der Waals surface area contributed by atoms with E-state index >= 15 is 0 Å². The van der Waals surface area contributed by atoms with E-state index in [0.717, 1.165) is 5.69 Å². The predicted molar refractivity (Wildman–Crippen MR) is 127 cm³/mol. The van der Waals surface area contributed by atoms with Gasteiger partial charge in [-0.05, 0) is 65.7 Å². The lowest BCUT2D eigenvalue weighted by Gasteiger charge is -2.36. The van der Waals surface area contributed by atoms with E-state index in [2.05, 4.69) is 14.9 Å². The first-order chi connectivity index (χ1) is 16.4. The van der Waals surface area contributed by atoms with Crippen LogP contribution in [-0.4, -0.2) is 62.3 Å². The van der Waals surface area contributed by atoms with Crippen LogP contribution in [0.4, 0.5) is 15.9 Å². The van der Waals surface area contributed by atoms with Crippen LogP contribution in [0.15, 0.2) is 72.0 Å². The van der Waals surface area contributed by atoms with E-state index in [1.165, 1.54) is 30.6 Å². The zero-order valence-corrected chi connectivity index (χ0v) is 19.2. The molecule has 0 spiro atoms. The zero-order chi connectivity index (χ0) is 24.3. The molecule has 1 aliphatic rings. The lowest BCUT2D eigenvalue weighted by Crippen LogP contribution is -2.49. The van der Waals surface area contributed by atoms with Gasteiger partial charge in [-0.25, -0.2) is 14.4 Å². The van der Waals surface area contributed by atoms with Crippen LogP contribution in [0.3, 0.4) is 0 Å². The summed E-state index contributed by atoms with van der Waals surface area (Å²) in [5.41, 5.74) is 6.15. The number of nitrogens with two attached hydrogens (primary N) is 1. The van der Waals surface area contributed by atoms with Gasteiger partial charge in [-0.3, -0.25) is 9.00 Å². The van der Waals surface area contributed by atoms with Gasteiger partial charge in [0.2, 0.25) is 5.91 Å². The lowest BCUT2D eigenvalue weighted by molar-refractivity contribution is -0.132. The number of ether oxygens (including phenoxy) is 1. The van der Waals surface area contributed by atoms with Gasteiger partial charge in [0.25, 0.3) is 0 Å². The molecule has 4 rings (SSSR count). The minimum Gasteiger partial charge on any atom is -0.768 e. The molecule has 3 aromatic rings. The molecule has 0 bridgehead atoms. The van der Waals surface area contributed by atoms with Gasteiger partial charge < -0.3 is 24.8 Å². The van der Waals surface area contributed by atoms with Crippen LogP contribution in [0.1, 0.15) is 7.85 Å². The number of rotatable bonds is 6. The highest BCUT2D eigenvalue weighted by atomic mass is 32.2. The molecular formula is C23H27FN5O4S-. The number of benzene rings is 2. The molecule has 0 aliphatic carbocycles. The molecule has 1 unspecified atom stereocenters. The SMILES string of the molecule is Nc1ccncn1.O=C(CCOc1ccc(F)cc1)N1CCN(c2ccc(S(=O)[O-])cc2)CC1.[HH]. The van der Waals surface area contributed by atoms with Crippen molar-refractivity contribution in [3.63, 3.8) is 0 Å². The first-order valence-corrected chi connectivity index (χ1v) is 11.6. The van der Waals surface area contributed by atoms with E-state index in [0.29, 0.717) is 37.7 Å². The maximum Gasteiger partial charge on any atom is 0.226 e. The van der Waals surface area contributed by atoms with Crippen LogP contribution in [0.5, 0.6) is 5.75 Å². The van der Waals surface area contributed by atoms with Gasteiger partial charge in [0, 0.05) is 44.4 Å². The summed E-state index contributed by atoms with van der Waals surface area (Å²) in [5, 5.41) is 0. The molecule has 1 amide bonds. The second-order valence-electron chi connectivity index (χ2n) is 7.28. The maximum atomic E-state index is 12.8. The van der Waals surface area contributed by atoms with Crippen LogP contribution in [0.25, 0.3) is 0 Å². The Hall–Kier alpha value is -3.57. The van der Waals surface area contributed by atoms with Crippen LogP contribution in [-0.2, 0) is 15.9 Å². The number of hydrogen-bond donors (Lipinski definition) is 1. The lowest BCUT2D eigenvalue weighted by atomic mass is 10.2. The van der Waals surface area contributed by atoms with E-state index in [-0.39, 0.29) is 31.1 Å². The summed E-state index contributed by atoms with van der Waals surface area (Å²) in [6.07, 6.45) is 3.28. The zero-order valence-electron chi connectivity index (χ0n) is 18.4. The Balaban J connectivity index is 0.000000465. The number of hydrogen-bond acceptors (Lipinski definition) is 8. The summed E-state index contributed by atoms with van der Waals surface area (Å²) in [7, 11) is 0. The Morgan fingerprint density at radius 3 is 2.29 bits per heavy atom. The first-order valence-electron chi connectivity index (χ1n) is 10.5. The molecule has 11 heteroatoms. The summed E-state index contributed by atoms with van der Waals surface area (Å²) in [6, 6.07) is 14.0. The van der Waals surface area contributed by atoms with E-state index in [4.69, 9.17) is 10.5 Å². The fourth-order valence-electron chi connectivity index (χ4n) is 3.23. The molecule has 0 radical (unpaired) electrons. The van der Waals surface area contributed by atoms with Crippen LogP contribution in [0, 0.1) is 5.82 Å². The Morgan fingerprint density at radius 1 is 1.09 bits per heavy atom. The second-order valence-corrected chi connectivity index (χ2v) is 8.22. The molecule has 182 valence electrons. The normalized spacial score (nSPS) is 14.1. The predicted octanol–water partition coefficient (Wildman–Crippen LogP) is 2.49. The molecule has 2 aromatic carbocycles. The maximum absolute atomic E-state index is 12.8. The third kappa shape index (κ3) is 7.78. The Bertz CT molecular complexity index is 1070. The standard InChI is InChI=1S/C19H21FN2O4S.C4H5N3.H2/c20-15-1-5-17(6-2-15)26-14-9-19(23)22-12-10-21(11-13-22)16-3-7-18(8-4-16)27(24)25;5-4-1-2-6-3-7-4;/h1-8H,9-14H2,(H,24,25);1-3H,(H2,5,6,7);1H/p-1. The third-order valence-corrected chi connectivity index (χ3v) is 5.69. The van der Waals surface area contributed by atoms with Gasteiger partial charge in [0.1, 0.15) is 23.7 Å². The average molecular weight is 489 g/mol. The van der Waals surface area contributed by atoms with E-state index in [1.54, 1.807) is 41.4 Å². The number of amides is 1. The topological polar surface area (TPSA) is 125 Å². The molecule has 1 fully saturated rings. The molecule has 0 saturated carbocycles. The minimum absolute atomic E-state index is 0. The average Bonchev–Trinajstić information content (AvgIpc) is 2.86. The van der Waals surface area contributed by atoms with E-state index < -0.39 is 11.1 Å². The second kappa shape index (κ2) is 12.6. The highest BCUT2D eigenvalue weighted by molar-refractivity contribution is 7.79. The van der Waals surface area contributed by atoms with Crippen LogP contribution in [0.2, 0.25) is 0 Å². The fourth-order valence-corrected chi connectivity index (χ4v) is 3.59. The summed E-state index contributed by atoms with van der Waals surface area (Å²) in [4.78, 5) is 23.8. The Kier molecular flexibility index (Phi) is 9.30. The molecule has 2 heterocycles. The molecule has 1 saturated heterocycles. The number of anilines is 2. The quantitative estimate of drug-likeness (QED) is 0.525. The van der Waals surface area contributed by atoms with Crippen molar-refractivity contribution < 1.29 is 24.1 Å². The van der Waals surface area contributed by atoms with Gasteiger partial charge in [-0.1, -0.05) is 0 Å². The van der Waals surface area contributed by atoms with Crippen molar-refractivity contribution in [2.75, 3.05) is 43.4 Å². The van der Waals surface area contributed by atoms with Gasteiger partial charge in [0.05, 0.1) is 13.0 Å². The van der Waals surface area contributed by atoms with Crippen molar-refractivity contribution in [3.8, 4) is 5.75 Å². The molecule has 9 nitrogen and oxygen atoms in total. The first kappa shape index (κ1) is 25.1. The largest absolute Gasteiger partial charge is 0.768 e. The number of halogens is 1. The van der Waals surface area contributed by atoms with Gasteiger partial charge in [-0.2, -0.15) is 0 Å². The van der Waals surface area contributed by atoms with Crippen molar-refractivity contribution in [1.82, 2.24) is 14.9 Å². The number of piperazine rings is 1. The van der Waals surface area contributed by atoms with E-state index in [9.17, 15) is 17.9 Å². The third-order valence-electron chi connectivity index (χ3n) is 5.03. The number of aromatic nitrogens is 2. The molecule has 1 aliphatic heterocycles. The Labute approximate surface area is 201 Å². The van der Waals surface area contributed by atoms with E-state index in [1.807, 2.05) is 0 Å². The smallest absolute Gasteiger partial charge is 0.226 e. The summed E-state index contributed by atoms with van der Waals surface area (Å²) in [5.74, 6) is 0.743. The van der Waals surface area contributed by atoms with Crippen molar-refractivity contribution >= 4 is 28.5 Å². The number of carbonyl (C=O) groups excluding carboxylic acids is 1. The number of nitrogens with zero attached hydrogens (tertiary/aromatic N) is 4. The van der Waals surface area contributed by atoms with Crippen molar-refractivity contribution in [2.24, 2.45) is 0 Å². The van der Waals surface area contributed by atoms with Crippen LogP contribution < -0.4 is 15.4 Å². The molecule has 1 aromatic heterocycles.